The first-order chi connectivity index (χ1) is 35.0. The molecule has 0 amide bonds. The van der Waals surface area contributed by atoms with Crippen molar-refractivity contribution in [3.63, 3.8) is 0 Å². The van der Waals surface area contributed by atoms with Gasteiger partial charge in [0.2, 0.25) is 0 Å². The number of aliphatic hydroxyl groups excluding tert-OH is 13. The molecule has 9 aliphatic rings. The molecule has 23 heteroatoms. The molecule has 9 rings (SSSR count). The first-order valence-corrected chi connectivity index (χ1v) is 26.6. The summed E-state index contributed by atoms with van der Waals surface area (Å²) >= 11 is 0. The summed E-state index contributed by atoms with van der Waals surface area (Å²) in [6, 6.07) is 0. The van der Waals surface area contributed by atoms with Gasteiger partial charge in [0.15, 0.2) is 25.2 Å². The topological polar surface area (TPSA) is 366 Å². The molecule has 4 aliphatic carbocycles. The third kappa shape index (κ3) is 9.86. The van der Waals surface area contributed by atoms with Crippen LogP contribution in [0.25, 0.3) is 0 Å². The van der Waals surface area contributed by atoms with Crippen LogP contribution in [0.3, 0.4) is 0 Å². The molecule has 0 bridgehead atoms. The molecule has 424 valence electrons. The highest BCUT2D eigenvalue weighted by Crippen LogP contribution is 2.70. The first-order valence-electron chi connectivity index (χ1n) is 26.6. The maximum absolute atomic E-state index is 13.1. The van der Waals surface area contributed by atoms with E-state index in [0.29, 0.717) is 44.9 Å². The van der Waals surface area contributed by atoms with Gasteiger partial charge in [-0.2, -0.15) is 0 Å². The van der Waals surface area contributed by atoms with Crippen LogP contribution in [-0.4, -0.2) is 239 Å². The third-order valence-electron chi connectivity index (χ3n) is 19.1. The second-order valence-electron chi connectivity index (χ2n) is 23.4. The Labute approximate surface area is 430 Å². The molecule has 0 aromatic rings. The Kier molecular flexibility index (Phi) is 17.1. The van der Waals surface area contributed by atoms with Crippen LogP contribution >= 0.6 is 0 Å². The molecule has 5 aliphatic heterocycles. The van der Waals surface area contributed by atoms with Gasteiger partial charge in [0, 0.05) is 24.2 Å². The van der Waals surface area contributed by atoms with Gasteiger partial charge in [-0.3, -0.25) is 0 Å². The van der Waals surface area contributed by atoms with Crippen molar-refractivity contribution in [1.29, 1.82) is 0 Å². The van der Waals surface area contributed by atoms with E-state index in [4.69, 9.17) is 42.6 Å². The molecule has 3 saturated carbocycles. The molecular weight excluding hydrogens is 981 g/mol. The van der Waals surface area contributed by atoms with Crippen LogP contribution in [0, 0.1) is 34.5 Å². The minimum absolute atomic E-state index is 0.00496. The highest BCUT2D eigenvalue weighted by Gasteiger charge is 2.71. The Hall–Kier alpha value is -1.60. The molecule has 74 heavy (non-hydrogen) atoms. The SMILES string of the molecule is CC1=C(CCC(C)CO[C@@H]2O[C@H](CO)[C@@H](O)[C@H](O)[C@H]2O)O[C@H]2C[C@@]3(O)[C@@H]4CC=C5C[C@@H](O[C@@H]6O[C@H](CO)[C@@H](O)[C@H](O[C@@H]7O[C@H](CO)[C@@H](O)[C@H](O)[C@H]7O)[C@H]6O[C@@H]6O[C@@H](C)[C@H](O)[C@@H](O)[C@H]6O)CC[C@]5(C)[C@H]4CC[C@]3(C)[C@@H]12. The van der Waals surface area contributed by atoms with Crippen molar-refractivity contribution in [2.75, 3.05) is 26.4 Å². The van der Waals surface area contributed by atoms with Crippen molar-refractivity contribution in [2.45, 2.75) is 233 Å². The van der Waals surface area contributed by atoms with Gasteiger partial charge in [-0.1, -0.05) is 32.4 Å². The number of hydrogen-bond donors (Lipinski definition) is 14. The van der Waals surface area contributed by atoms with Crippen LogP contribution < -0.4 is 0 Å². The van der Waals surface area contributed by atoms with E-state index in [-0.39, 0.29) is 41.8 Å². The molecule has 14 N–H and O–H groups in total. The number of hydrogen-bond acceptors (Lipinski definition) is 23. The lowest BCUT2D eigenvalue weighted by atomic mass is 9.45. The van der Waals surface area contributed by atoms with Gasteiger partial charge >= 0.3 is 0 Å². The van der Waals surface area contributed by atoms with E-state index >= 15 is 0 Å². The zero-order valence-corrected chi connectivity index (χ0v) is 42.7. The van der Waals surface area contributed by atoms with Crippen molar-refractivity contribution in [1.82, 2.24) is 0 Å². The summed E-state index contributed by atoms with van der Waals surface area (Å²) in [4.78, 5) is 0. The average molecular weight is 1060 g/mol. The van der Waals surface area contributed by atoms with Crippen LogP contribution in [0.2, 0.25) is 0 Å². The predicted octanol–water partition coefficient (Wildman–Crippen LogP) is -2.94. The molecule has 1 unspecified atom stereocenters. The second kappa shape index (κ2) is 22.1. The van der Waals surface area contributed by atoms with Gasteiger partial charge in [-0.25, -0.2) is 0 Å². The summed E-state index contributed by atoms with van der Waals surface area (Å²) in [7, 11) is 0. The van der Waals surface area contributed by atoms with Crippen molar-refractivity contribution in [3.05, 3.63) is 23.0 Å². The van der Waals surface area contributed by atoms with E-state index < -0.39 is 160 Å². The molecule has 0 aromatic carbocycles. The minimum Gasteiger partial charge on any atom is -0.494 e. The zero-order chi connectivity index (χ0) is 53.5. The Morgan fingerprint density at radius 2 is 1.22 bits per heavy atom. The summed E-state index contributed by atoms with van der Waals surface area (Å²) in [5, 5.41) is 149. The normalized spacial score (nSPS) is 52.9. The van der Waals surface area contributed by atoms with E-state index in [1.165, 1.54) is 6.92 Å². The van der Waals surface area contributed by atoms with Crippen molar-refractivity contribution in [3.8, 4) is 0 Å². The molecule has 0 radical (unpaired) electrons. The summed E-state index contributed by atoms with van der Waals surface area (Å²) < 4.78 is 54.7. The van der Waals surface area contributed by atoms with Crippen LogP contribution in [0.4, 0.5) is 0 Å². The van der Waals surface area contributed by atoms with Crippen LogP contribution in [0.5, 0.6) is 0 Å². The quantitative estimate of drug-likeness (QED) is 0.0730. The van der Waals surface area contributed by atoms with E-state index in [9.17, 15) is 71.5 Å². The molecule has 0 aromatic heterocycles. The Morgan fingerprint density at radius 3 is 1.86 bits per heavy atom. The Balaban J connectivity index is 0.881. The number of aliphatic hydroxyl groups is 14. The van der Waals surface area contributed by atoms with Crippen molar-refractivity contribution in [2.24, 2.45) is 34.5 Å². The molecule has 7 fully saturated rings. The molecule has 23 nitrogen and oxygen atoms in total. The largest absolute Gasteiger partial charge is 0.494 e. The summed E-state index contributed by atoms with van der Waals surface area (Å²) in [5.74, 6) is 1.02. The Morgan fingerprint density at radius 1 is 0.649 bits per heavy atom. The highest BCUT2D eigenvalue weighted by molar-refractivity contribution is 5.34. The summed E-state index contributed by atoms with van der Waals surface area (Å²) in [6.45, 7) is 8.18. The monoisotopic (exact) mass is 1060 g/mol. The second-order valence-corrected chi connectivity index (χ2v) is 23.4. The van der Waals surface area contributed by atoms with Crippen molar-refractivity contribution < 1.29 is 114 Å². The maximum Gasteiger partial charge on any atom is 0.187 e. The molecular formula is C51H82O23. The molecule has 0 spiro atoms. The highest BCUT2D eigenvalue weighted by atomic mass is 16.8. The lowest BCUT2D eigenvalue weighted by Crippen LogP contribution is -2.67. The third-order valence-corrected chi connectivity index (χ3v) is 19.1. The van der Waals surface area contributed by atoms with E-state index in [0.717, 1.165) is 29.7 Å². The maximum atomic E-state index is 13.1. The summed E-state index contributed by atoms with van der Waals surface area (Å²) in [5.41, 5.74) is 0.505. The van der Waals surface area contributed by atoms with Gasteiger partial charge in [0.25, 0.3) is 0 Å². The van der Waals surface area contributed by atoms with Gasteiger partial charge in [-0.05, 0) is 87.5 Å². The van der Waals surface area contributed by atoms with Crippen molar-refractivity contribution >= 4 is 0 Å². The van der Waals surface area contributed by atoms with Crippen LogP contribution in [0.1, 0.15) is 92.4 Å². The lowest BCUT2D eigenvalue weighted by Gasteiger charge is -2.61. The summed E-state index contributed by atoms with van der Waals surface area (Å²) in [6.07, 6.45) is -23.5. The van der Waals surface area contributed by atoms with Crippen LogP contribution in [0.15, 0.2) is 23.0 Å². The smallest absolute Gasteiger partial charge is 0.187 e. The average Bonchev–Trinajstić information content (AvgIpc) is 3.82. The molecule has 29 atom stereocenters. The standard InChI is InChI=1S/C51H82O23/c1-20(19-66-45-40(62)38(60)34(56)29(16-52)70-45)6-9-27-21(2)32-28(69-27)15-51(65)26-8-7-23-14-24(10-12-49(23,4)25(26)11-13-50(32,51)5)68-48-44(74-46-41(63)37(59)33(55)22(3)67-46)43(36(58)31(18-54)72-48)73-47-42(64)39(61)35(57)30(17-53)71-47/h7,20,22,24-26,28-48,52-65H,6,8-19H2,1-5H3/t20?,22-,24-,25-,26+,28-,29+,30+,31+,32-,33-,34+,35+,36+,37+,38-,39-,40+,41+,42+,43-,44+,45+,46-,47-,48+,49-,50+,51+/m0/s1. The van der Waals surface area contributed by atoms with E-state index in [2.05, 4.69) is 26.8 Å². The number of rotatable bonds is 15. The predicted molar refractivity (Wildman–Crippen MR) is 250 cm³/mol. The molecule has 5 heterocycles. The Bertz CT molecular complexity index is 1990. The fourth-order valence-electron chi connectivity index (χ4n) is 14.5. The molecule has 4 saturated heterocycles. The number of allylic oxidation sites excluding steroid dienone is 2. The lowest BCUT2D eigenvalue weighted by molar-refractivity contribution is -0.394. The van der Waals surface area contributed by atoms with E-state index in [1.807, 2.05) is 6.92 Å². The van der Waals surface area contributed by atoms with E-state index in [1.54, 1.807) is 0 Å². The zero-order valence-electron chi connectivity index (χ0n) is 42.7. The van der Waals surface area contributed by atoms with Gasteiger partial charge in [-0.15, -0.1) is 0 Å². The van der Waals surface area contributed by atoms with Gasteiger partial charge in [0.05, 0.1) is 50.0 Å². The fraction of sp³-hybridized carbons (Fsp3) is 0.922. The number of ether oxygens (including phenoxy) is 9. The number of fused-ring (bicyclic) bond motifs is 7. The first kappa shape index (κ1) is 57.1. The van der Waals surface area contributed by atoms with Gasteiger partial charge < -0.3 is 114 Å². The van der Waals surface area contributed by atoms with Crippen LogP contribution in [-0.2, 0) is 42.6 Å². The van der Waals surface area contributed by atoms with Gasteiger partial charge in [0.1, 0.15) is 97.7 Å². The fourth-order valence-corrected chi connectivity index (χ4v) is 14.5. The minimum atomic E-state index is -1.89.